The summed E-state index contributed by atoms with van der Waals surface area (Å²) in [5.74, 6) is -0.297. The molecule has 1 aliphatic heterocycles. The van der Waals surface area contributed by atoms with Crippen LogP contribution in [0.3, 0.4) is 0 Å². The number of fused-ring (bicyclic) bond motifs is 1. The molecule has 1 spiro atoms. The third kappa shape index (κ3) is 3.74. The van der Waals surface area contributed by atoms with Crippen molar-refractivity contribution in [3.63, 3.8) is 0 Å². The van der Waals surface area contributed by atoms with Gasteiger partial charge in [-0.15, -0.1) is 0 Å². The summed E-state index contributed by atoms with van der Waals surface area (Å²) in [6.45, 7) is 1.57. The summed E-state index contributed by atoms with van der Waals surface area (Å²) in [4.78, 5) is 28.9. The molecular formula is C25H30N2O3. The monoisotopic (exact) mass is 406 g/mol. The van der Waals surface area contributed by atoms with E-state index in [0.29, 0.717) is 25.3 Å². The SMILES string of the molecule is COCCN1C(=O)c2ccccc2C(C(=O)NCCc2ccccc2)C12CCCC2. The number of carbonyl (C=O) groups excluding carboxylic acids is 2. The zero-order valence-corrected chi connectivity index (χ0v) is 17.6. The van der Waals surface area contributed by atoms with Gasteiger partial charge in [-0.2, -0.15) is 0 Å². The van der Waals surface area contributed by atoms with Crippen molar-refractivity contribution in [3.05, 3.63) is 71.3 Å². The fourth-order valence-corrected chi connectivity index (χ4v) is 5.25. The van der Waals surface area contributed by atoms with E-state index in [1.165, 1.54) is 5.56 Å². The summed E-state index contributed by atoms with van der Waals surface area (Å²) >= 11 is 0. The highest BCUT2D eigenvalue weighted by Gasteiger charge is 2.55. The fourth-order valence-electron chi connectivity index (χ4n) is 5.25. The number of nitrogens with one attached hydrogen (secondary N) is 1. The zero-order chi connectivity index (χ0) is 21.0. The Balaban J connectivity index is 1.63. The molecule has 158 valence electrons. The fraction of sp³-hybridized carbons (Fsp3) is 0.440. The molecule has 2 aromatic carbocycles. The number of benzene rings is 2. The van der Waals surface area contributed by atoms with Crippen LogP contribution in [0.1, 0.15) is 53.1 Å². The third-order valence-electron chi connectivity index (χ3n) is 6.63. The van der Waals surface area contributed by atoms with Gasteiger partial charge < -0.3 is 15.0 Å². The molecule has 0 bridgehead atoms. The van der Waals surface area contributed by atoms with Crippen molar-refractivity contribution in [3.8, 4) is 0 Å². The van der Waals surface area contributed by atoms with Crippen LogP contribution >= 0.6 is 0 Å². The van der Waals surface area contributed by atoms with Crippen LogP contribution in [0.25, 0.3) is 0 Å². The van der Waals surface area contributed by atoms with Crippen molar-refractivity contribution >= 4 is 11.8 Å². The maximum absolute atomic E-state index is 13.6. The first-order valence-corrected chi connectivity index (χ1v) is 10.9. The summed E-state index contributed by atoms with van der Waals surface area (Å²) in [7, 11) is 1.65. The molecule has 1 heterocycles. The van der Waals surface area contributed by atoms with Gasteiger partial charge in [0.25, 0.3) is 5.91 Å². The molecule has 1 aliphatic carbocycles. The van der Waals surface area contributed by atoms with Gasteiger partial charge in [-0.25, -0.2) is 0 Å². The topological polar surface area (TPSA) is 58.6 Å². The minimum Gasteiger partial charge on any atom is -0.383 e. The van der Waals surface area contributed by atoms with Gasteiger partial charge in [0.05, 0.1) is 18.1 Å². The summed E-state index contributed by atoms with van der Waals surface area (Å²) < 4.78 is 5.30. The molecule has 5 nitrogen and oxygen atoms in total. The third-order valence-corrected chi connectivity index (χ3v) is 6.63. The minimum atomic E-state index is -0.458. The van der Waals surface area contributed by atoms with Crippen LogP contribution < -0.4 is 5.32 Å². The number of ether oxygens (including phenoxy) is 1. The van der Waals surface area contributed by atoms with Crippen LogP contribution in [0.2, 0.25) is 0 Å². The van der Waals surface area contributed by atoms with Crippen LogP contribution in [0.4, 0.5) is 0 Å². The first-order chi connectivity index (χ1) is 14.7. The molecule has 0 aromatic heterocycles. The molecule has 2 amide bonds. The lowest BCUT2D eigenvalue weighted by Crippen LogP contribution is -2.61. The lowest BCUT2D eigenvalue weighted by molar-refractivity contribution is -0.126. The molecule has 30 heavy (non-hydrogen) atoms. The van der Waals surface area contributed by atoms with Gasteiger partial charge in [0, 0.05) is 25.8 Å². The number of carbonyl (C=O) groups is 2. The Kier molecular flexibility index (Phi) is 6.18. The van der Waals surface area contributed by atoms with Gasteiger partial charge in [0.2, 0.25) is 5.91 Å². The van der Waals surface area contributed by atoms with Crippen LogP contribution in [0.15, 0.2) is 54.6 Å². The number of nitrogens with zero attached hydrogens (tertiary/aromatic N) is 1. The second-order valence-electron chi connectivity index (χ2n) is 8.31. The number of methoxy groups -OCH3 is 1. The van der Waals surface area contributed by atoms with E-state index in [9.17, 15) is 9.59 Å². The number of hydrogen-bond donors (Lipinski definition) is 1. The molecule has 0 saturated heterocycles. The Bertz CT molecular complexity index is 890. The largest absolute Gasteiger partial charge is 0.383 e. The highest BCUT2D eigenvalue weighted by molar-refractivity contribution is 6.02. The Morgan fingerprint density at radius 2 is 1.80 bits per heavy atom. The van der Waals surface area contributed by atoms with E-state index >= 15 is 0 Å². The summed E-state index contributed by atoms with van der Waals surface area (Å²) in [5, 5.41) is 3.18. The number of hydrogen-bond acceptors (Lipinski definition) is 3. The second-order valence-corrected chi connectivity index (χ2v) is 8.31. The molecule has 2 aromatic rings. The van der Waals surface area contributed by atoms with E-state index in [1.807, 2.05) is 47.4 Å². The first-order valence-electron chi connectivity index (χ1n) is 10.9. The molecule has 1 saturated carbocycles. The van der Waals surface area contributed by atoms with Crippen LogP contribution in [-0.2, 0) is 16.0 Å². The Hall–Kier alpha value is -2.66. The van der Waals surface area contributed by atoms with Gasteiger partial charge in [-0.1, -0.05) is 61.4 Å². The van der Waals surface area contributed by atoms with Crippen molar-refractivity contribution < 1.29 is 14.3 Å². The Morgan fingerprint density at radius 3 is 2.53 bits per heavy atom. The van der Waals surface area contributed by atoms with Gasteiger partial charge >= 0.3 is 0 Å². The molecule has 4 rings (SSSR count). The smallest absolute Gasteiger partial charge is 0.254 e. The lowest BCUT2D eigenvalue weighted by Gasteiger charge is -2.50. The average molecular weight is 407 g/mol. The van der Waals surface area contributed by atoms with E-state index in [1.54, 1.807) is 7.11 Å². The molecule has 1 atom stereocenters. The van der Waals surface area contributed by atoms with E-state index in [4.69, 9.17) is 4.74 Å². The van der Waals surface area contributed by atoms with Gasteiger partial charge in [-0.3, -0.25) is 9.59 Å². The first kappa shape index (κ1) is 20.6. The number of rotatable bonds is 7. The van der Waals surface area contributed by atoms with E-state index in [2.05, 4.69) is 17.4 Å². The normalized spacial score (nSPS) is 19.7. The molecule has 0 radical (unpaired) electrons. The molecule has 1 fully saturated rings. The highest BCUT2D eigenvalue weighted by Crippen LogP contribution is 2.50. The molecule has 2 aliphatic rings. The Labute approximate surface area is 178 Å². The zero-order valence-electron chi connectivity index (χ0n) is 17.6. The van der Waals surface area contributed by atoms with Gasteiger partial charge in [0.15, 0.2) is 0 Å². The predicted octanol–water partition coefficient (Wildman–Crippen LogP) is 3.54. The average Bonchev–Trinajstić information content (AvgIpc) is 3.24. The van der Waals surface area contributed by atoms with Crippen LogP contribution in [0, 0.1) is 0 Å². The Morgan fingerprint density at radius 1 is 1.10 bits per heavy atom. The van der Waals surface area contributed by atoms with Crippen molar-refractivity contribution in [2.45, 2.75) is 43.6 Å². The van der Waals surface area contributed by atoms with Crippen molar-refractivity contribution in [1.82, 2.24) is 10.2 Å². The van der Waals surface area contributed by atoms with E-state index < -0.39 is 5.54 Å². The summed E-state index contributed by atoms with van der Waals surface area (Å²) in [6, 6.07) is 17.8. The standard InChI is InChI=1S/C25H30N2O3/c1-30-18-17-27-24(29)21-12-6-5-11-20(21)22(25(27)14-7-8-15-25)23(28)26-16-13-19-9-3-2-4-10-19/h2-6,9-12,22H,7-8,13-18H2,1H3,(H,26,28). The highest BCUT2D eigenvalue weighted by atomic mass is 16.5. The maximum atomic E-state index is 13.6. The molecular weight excluding hydrogens is 376 g/mol. The molecule has 5 heteroatoms. The van der Waals surface area contributed by atoms with Crippen molar-refractivity contribution in [2.24, 2.45) is 0 Å². The maximum Gasteiger partial charge on any atom is 0.254 e. The molecule has 1 unspecified atom stereocenters. The van der Waals surface area contributed by atoms with Crippen molar-refractivity contribution in [1.29, 1.82) is 0 Å². The minimum absolute atomic E-state index is 0.0233. The van der Waals surface area contributed by atoms with E-state index in [-0.39, 0.29) is 17.7 Å². The van der Waals surface area contributed by atoms with Crippen molar-refractivity contribution in [2.75, 3.05) is 26.8 Å². The van der Waals surface area contributed by atoms with E-state index in [0.717, 1.165) is 37.7 Å². The summed E-state index contributed by atoms with van der Waals surface area (Å²) in [6.07, 6.45) is 4.57. The van der Waals surface area contributed by atoms with Gasteiger partial charge in [0.1, 0.15) is 0 Å². The molecule has 1 N–H and O–H groups in total. The quantitative estimate of drug-likeness (QED) is 0.765. The van der Waals surface area contributed by atoms with Crippen LogP contribution in [0.5, 0.6) is 0 Å². The van der Waals surface area contributed by atoms with Gasteiger partial charge in [-0.05, 0) is 36.5 Å². The van der Waals surface area contributed by atoms with Crippen LogP contribution in [-0.4, -0.2) is 49.1 Å². The second kappa shape index (κ2) is 9.00. The lowest BCUT2D eigenvalue weighted by atomic mass is 9.71. The predicted molar refractivity (Wildman–Crippen MR) is 116 cm³/mol. The summed E-state index contributed by atoms with van der Waals surface area (Å²) in [5.41, 5.74) is 2.26. The number of amides is 2.